The van der Waals surface area contributed by atoms with Gasteiger partial charge in [0.25, 0.3) is 0 Å². The topological polar surface area (TPSA) is 17.1 Å². The second kappa shape index (κ2) is 4.69. The summed E-state index contributed by atoms with van der Waals surface area (Å²) in [6, 6.07) is 8.55. The molecule has 0 atom stereocenters. The number of hydrogen-bond acceptors (Lipinski definition) is 1. The molecular weight excluding hydrogens is 234 g/mol. The lowest BCUT2D eigenvalue weighted by Gasteiger charge is -2.07. The van der Waals surface area contributed by atoms with Crippen LogP contribution in [-0.4, -0.2) is 5.78 Å². The molecule has 2 aromatic rings. The van der Waals surface area contributed by atoms with Crippen molar-refractivity contribution in [3.8, 4) is 0 Å². The maximum atomic E-state index is 13.1. The minimum atomic E-state index is -1.01. The zero-order chi connectivity index (χ0) is 13.3. The fraction of sp³-hybridized carbons (Fsp3) is 0.133. The van der Waals surface area contributed by atoms with E-state index in [4.69, 9.17) is 0 Å². The van der Waals surface area contributed by atoms with E-state index in [0.717, 1.165) is 23.3 Å². The van der Waals surface area contributed by atoms with E-state index >= 15 is 0 Å². The van der Waals surface area contributed by atoms with Gasteiger partial charge in [0.05, 0.1) is 0 Å². The van der Waals surface area contributed by atoms with Gasteiger partial charge in [0.15, 0.2) is 17.4 Å². The van der Waals surface area contributed by atoms with Gasteiger partial charge in [-0.15, -0.1) is 0 Å². The van der Waals surface area contributed by atoms with Crippen molar-refractivity contribution in [1.82, 2.24) is 0 Å². The third-order valence-electron chi connectivity index (χ3n) is 3.03. The second-order valence-corrected chi connectivity index (χ2v) is 4.21. The molecule has 1 nitrogen and oxygen atoms in total. The van der Waals surface area contributed by atoms with E-state index in [0.29, 0.717) is 5.56 Å². The van der Waals surface area contributed by atoms with Crippen molar-refractivity contribution in [2.75, 3.05) is 0 Å². The summed E-state index contributed by atoms with van der Waals surface area (Å²) in [5.41, 5.74) is 2.51. The first-order valence-electron chi connectivity index (χ1n) is 5.56. The molecule has 0 aliphatic rings. The van der Waals surface area contributed by atoms with Crippen molar-refractivity contribution in [2.24, 2.45) is 0 Å². The van der Waals surface area contributed by atoms with Gasteiger partial charge in [-0.3, -0.25) is 4.79 Å². The van der Waals surface area contributed by atoms with Gasteiger partial charge in [0.2, 0.25) is 0 Å². The van der Waals surface area contributed by atoms with E-state index in [1.165, 1.54) is 6.07 Å². The molecule has 0 spiro atoms. The van der Waals surface area contributed by atoms with E-state index in [1.54, 1.807) is 12.1 Å². The predicted octanol–water partition coefficient (Wildman–Crippen LogP) is 3.81. The highest BCUT2D eigenvalue weighted by molar-refractivity contribution is 6.10. The molecule has 0 radical (unpaired) electrons. The summed E-state index contributed by atoms with van der Waals surface area (Å²) in [5.74, 6) is -2.26. The molecule has 0 unspecified atom stereocenters. The summed E-state index contributed by atoms with van der Waals surface area (Å²) in [5, 5.41) is 0. The van der Waals surface area contributed by atoms with E-state index in [-0.39, 0.29) is 11.3 Å². The molecule has 0 amide bonds. The molecule has 0 aliphatic heterocycles. The lowest BCUT2D eigenvalue weighted by atomic mass is 9.96. The molecule has 2 aromatic carbocycles. The Morgan fingerprint density at radius 1 is 1.00 bits per heavy atom. The number of carbonyl (C=O) groups is 1. The largest absolute Gasteiger partial charge is 0.289 e. The Labute approximate surface area is 104 Å². The first-order chi connectivity index (χ1) is 8.50. The van der Waals surface area contributed by atoms with E-state index in [9.17, 15) is 13.6 Å². The lowest BCUT2D eigenvalue weighted by molar-refractivity contribution is 0.103. The van der Waals surface area contributed by atoms with E-state index in [1.807, 2.05) is 19.9 Å². The summed E-state index contributed by atoms with van der Waals surface area (Å²) < 4.78 is 25.9. The Kier molecular flexibility index (Phi) is 3.24. The monoisotopic (exact) mass is 246 g/mol. The summed E-state index contributed by atoms with van der Waals surface area (Å²) >= 11 is 0. The van der Waals surface area contributed by atoms with E-state index in [2.05, 4.69) is 0 Å². The third kappa shape index (κ3) is 2.16. The van der Waals surface area contributed by atoms with Gasteiger partial charge >= 0.3 is 0 Å². The van der Waals surface area contributed by atoms with Crippen molar-refractivity contribution < 1.29 is 13.6 Å². The molecule has 0 N–H and O–H groups in total. The van der Waals surface area contributed by atoms with Gasteiger partial charge < -0.3 is 0 Å². The maximum absolute atomic E-state index is 13.1. The third-order valence-corrected chi connectivity index (χ3v) is 3.03. The number of ketones is 1. The summed E-state index contributed by atoms with van der Waals surface area (Å²) in [6.07, 6.45) is 0. The number of carbonyl (C=O) groups excluding carboxylic acids is 1. The number of hydrogen-bond donors (Lipinski definition) is 0. The Morgan fingerprint density at radius 3 is 2.39 bits per heavy atom. The van der Waals surface area contributed by atoms with Crippen LogP contribution in [0.1, 0.15) is 27.0 Å². The maximum Gasteiger partial charge on any atom is 0.193 e. The van der Waals surface area contributed by atoms with Crippen LogP contribution in [0.25, 0.3) is 0 Å². The minimum absolute atomic E-state index is 0.155. The zero-order valence-electron chi connectivity index (χ0n) is 10.1. The molecular formula is C15H12F2O. The van der Waals surface area contributed by atoms with Crippen LogP contribution in [0.15, 0.2) is 36.4 Å². The highest BCUT2D eigenvalue weighted by Crippen LogP contribution is 2.18. The smallest absolute Gasteiger partial charge is 0.193 e. The van der Waals surface area contributed by atoms with Crippen molar-refractivity contribution in [2.45, 2.75) is 13.8 Å². The van der Waals surface area contributed by atoms with Gasteiger partial charge in [0.1, 0.15) is 0 Å². The van der Waals surface area contributed by atoms with Crippen LogP contribution in [0, 0.1) is 25.5 Å². The van der Waals surface area contributed by atoms with Crippen molar-refractivity contribution in [1.29, 1.82) is 0 Å². The number of halogens is 2. The molecule has 0 bridgehead atoms. The normalized spacial score (nSPS) is 10.4. The average Bonchev–Trinajstić information content (AvgIpc) is 2.35. The average molecular weight is 246 g/mol. The zero-order valence-corrected chi connectivity index (χ0v) is 10.1. The summed E-state index contributed by atoms with van der Waals surface area (Å²) in [7, 11) is 0. The summed E-state index contributed by atoms with van der Waals surface area (Å²) in [6.45, 7) is 3.74. The Morgan fingerprint density at radius 2 is 1.72 bits per heavy atom. The highest BCUT2D eigenvalue weighted by atomic mass is 19.2. The van der Waals surface area contributed by atoms with E-state index < -0.39 is 11.6 Å². The van der Waals surface area contributed by atoms with Gasteiger partial charge in [-0.25, -0.2) is 8.78 Å². The molecule has 0 heterocycles. The first-order valence-corrected chi connectivity index (χ1v) is 5.56. The molecule has 3 heteroatoms. The van der Waals surface area contributed by atoms with Crippen LogP contribution >= 0.6 is 0 Å². The van der Waals surface area contributed by atoms with Crippen molar-refractivity contribution in [3.63, 3.8) is 0 Å². The number of benzene rings is 2. The van der Waals surface area contributed by atoms with Gasteiger partial charge in [-0.1, -0.05) is 18.2 Å². The van der Waals surface area contributed by atoms with Gasteiger partial charge in [-0.2, -0.15) is 0 Å². The quantitative estimate of drug-likeness (QED) is 0.736. The van der Waals surface area contributed by atoms with Crippen molar-refractivity contribution in [3.05, 3.63) is 70.3 Å². The highest BCUT2D eigenvalue weighted by Gasteiger charge is 2.14. The van der Waals surface area contributed by atoms with Crippen LogP contribution in [0.5, 0.6) is 0 Å². The molecule has 0 fully saturated rings. The van der Waals surface area contributed by atoms with Crippen LogP contribution < -0.4 is 0 Å². The molecule has 0 aromatic heterocycles. The molecule has 0 aliphatic carbocycles. The predicted molar refractivity (Wildman–Crippen MR) is 65.7 cm³/mol. The standard InChI is InChI=1S/C15H12F2O/c1-9-4-3-5-12(10(9)2)15(18)11-6-7-13(16)14(17)8-11/h3-8H,1-2H3. The van der Waals surface area contributed by atoms with Crippen LogP contribution in [0.3, 0.4) is 0 Å². The molecule has 2 rings (SSSR count). The van der Waals surface area contributed by atoms with Crippen LogP contribution in [0.4, 0.5) is 8.78 Å². The lowest BCUT2D eigenvalue weighted by Crippen LogP contribution is -2.05. The molecule has 0 saturated carbocycles. The first kappa shape index (κ1) is 12.4. The number of aryl methyl sites for hydroxylation is 1. The minimum Gasteiger partial charge on any atom is -0.289 e. The number of rotatable bonds is 2. The Balaban J connectivity index is 2.48. The summed E-state index contributed by atoms with van der Waals surface area (Å²) in [4.78, 5) is 12.2. The van der Waals surface area contributed by atoms with Gasteiger partial charge in [-0.05, 0) is 43.2 Å². The van der Waals surface area contributed by atoms with Crippen molar-refractivity contribution >= 4 is 5.78 Å². The Bertz CT molecular complexity index is 618. The van der Waals surface area contributed by atoms with Crippen LogP contribution in [-0.2, 0) is 0 Å². The second-order valence-electron chi connectivity index (χ2n) is 4.21. The Hall–Kier alpha value is -2.03. The van der Waals surface area contributed by atoms with Crippen LogP contribution in [0.2, 0.25) is 0 Å². The molecule has 18 heavy (non-hydrogen) atoms. The molecule has 0 saturated heterocycles. The SMILES string of the molecule is Cc1cccc(C(=O)c2ccc(F)c(F)c2)c1C. The van der Waals surface area contributed by atoms with Gasteiger partial charge in [0, 0.05) is 11.1 Å². The molecule has 92 valence electrons. The fourth-order valence-electron chi connectivity index (χ4n) is 1.79. The fourth-order valence-corrected chi connectivity index (χ4v) is 1.79.